The van der Waals surface area contributed by atoms with Crippen LogP contribution in [-0.4, -0.2) is 34.2 Å². The molecule has 0 aliphatic carbocycles. The third-order valence-electron chi connectivity index (χ3n) is 3.71. The van der Waals surface area contributed by atoms with Crippen LogP contribution in [0.25, 0.3) is 0 Å². The van der Waals surface area contributed by atoms with Gasteiger partial charge in [-0.3, -0.25) is 14.4 Å². The minimum Gasteiger partial charge on any atom is -0.324 e. The predicted molar refractivity (Wildman–Crippen MR) is 94.1 cm³/mol. The topological polar surface area (TPSA) is 50.2 Å². The van der Waals surface area contributed by atoms with Gasteiger partial charge in [-0.15, -0.1) is 0 Å². The smallest absolute Gasteiger partial charge is 0.238 e. The highest BCUT2D eigenvalue weighted by Crippen LogP contribution is 2.25. The van der Waals surface area contributed by atoms with Gasteiger partial charge in [0.15, 0.2) is 0 Å². The van der Waals surface area contributed by atoms with Gasteiger partial charge in [0.2, 0.25) is 5.91 Å². The molecule has 5 nitrogen and oxygen atoms in total. The van der Waals surface area contributed by atoms with E-state index in [2.05, 4.69) is 10.4 Å². The summed E-state index contributed by atoms with van der Waals surface area (Å²) in [5, 5.41) is 8.14. The van der Waals surface area contributed by atoms with Gasteiger partial charge in [0.1, 0.15) is 0 Å². The molecule has 2 rings (SSSR count). The second kappa shape index (κ2) is 7.34. The van der Waals surface area contributed by atoms with Crippen LogP contribution in [0.5, 0.6) is 0 Å². The van der Waals surface area contributed by atoms with Crippen LogP contribution in [0, 0.1) is 13.8 Å². The fourth-order valence-electron chi connectivity index (χ4n) is 2.40. The van der Waals surface area contributed by atoms with E-state index in [4.69, 9.17) is 23.2 Å². The van der Waals surface area contributed by atoms with Crippen molar-refractivity contribution in [3.8, 4) is 0 Å². The molecule has 0 atom stereocenters. The number of aromatic nitrogens is 2. The molecule has 0 saturated heterocycles. The number of nitrogens with zero attached hydrogens (tertiary/aromatic N) is 3. The van der Waals surface area contributed by atoms with Crippen LogP contribution < -0.4 is 5.32 Å². The van der Waals surface area contributed by atoms with Gasteiger partial charge in [-0.05, 0) is 39.1 Å². The summed E-state index contributed by atoms with van der Waals surface area (Å²) in [5.74, 6) is -0.129. The Morgan fingerprint density at radius 2 is 2.04 bits per heavy atom. The number of amides is 1. The first kappa shape index (κ1) is 17.8. The van der Waals surface area contributed by atoms with E-state index in [9.17, 15) is 4.79 Å². The van der Waals surface area contributed by atoms with Crippen LogP contribution in [0.2, 0.25) is 10.0 Å². The highest BCUT2D eigenvalue weighted by Gasteiger charge is 2.14. The number of hydrogen-bond acceptors (Lipinski definition) is 3. The molecule has 0 unspecified atom stereocenters. The number of benzene rings is 1. The minimum atomic E-state index is -0.129. The fourth-order valence-corrected chi connectivity index (χ4v) is 2.85. The van der Waals surface area contributed by atoms with E-state index < -0.39 is 0 Å². The number of aryl methyl sites for hydroxylation is 2. The summed E-state index contributed by atoms with van der Waals surface area (Å²) in [7, 11) is 3.82. The van der Waals surface area contributed by atoms with Gasteiger partial charge in [-0.2, -0.15) is 5.10 Å². The average Bonchev–Trinajstić information content (AvgIpc) is 2.68. The van der Waals surface area contributed by atoms with Crippen LogP contribution in [0.15, 0.2) is 18.2 Å². The Labute approximate surface area is 146 Å². The predicted octanol–water partition coefficient (Wildman–Crippen LogP) is 3.41. The van der Waals surface area contributed by atoms with Gasteiger partial charge >= 0.3 is 0 Å². The molecule has 7 heteroatoms. The maximum atomic E-state index is 12.2. The van der Waals surface area contributed by atoms with E-state index in [1.807, 2.05) is 37.5 Å². The first-order chi connectivity index (χ1) is 10.8. The third-order valence-corrected chi connectivity index (χ3v) is 4.25. The number of halogens is 2. The fraction of sp³-hybridized carbons (Fsp3) is 0.375. The van der Waals surface area contributed by atoms with Gasteiger partial charge < -0.3 is 5.32 Å². The largest absolute Gasteiger partial charge is 0.324 e. The zero-order valence-electron chi connectivity index (χ0n) is 13.7. The molecule has 1 amide bonds. The summed E-state index contributed by atoms with van der Waals surface area (Å²) in [5.41, 5.74) is 3.80. The molecule has 0 fully saturated rings. The van der Waals surface area contributed by atoms with Crippen LogP contribution in [0.3, 0.4) is 0 Å². The van der Waals surface area contributed by atoms with Crippen molar-refractivity contribution in [3.05, 3.63) is 45.2 Å². The summed E-state index contributed by atoms with van der Waals surface area (Å²) in [4.78, 5) is 14.1. The summed E-state index contributed by atoms with van der Waals surface area (Å²) in [6.07, 6.45) is 0. The van der Waals surface area contributed by atoms with E-state index in [1.54, 1.807) is 18.2 Å². The average molecular weight is 355 g/mol. The van der Waals surface area contributed by atoms with Crippen LogP contribution in [0.4, 0.5) is 5.69 Å². The summed E-state index contributed by atoms with van der Waals surface area (Å²) < 4.78 is 1.85. The molecule has 0 bridgehead atoms. The molecule has 0 radical (unpaired) electrons. The van der Waals surface area contributed by atoms with E-state index in [0.29, 0.717) is 22.3 Å². The Bertz CT molecular complexity index is 727. The molecule has 0 aliphatic heterocycles. The van der Waals surface area contributed by atoms with E-state index in [1.165, 1.54) is 0 Å². The zero-order valence-corrected chi connectivity index (χ0v) is 15.2. The van der Waals surface area contributed by atoms with Crippen molar-refractivity contribution >= 4 is 34.8 Å². The van der Waals surface area contributed by atoms with Crippen LogP contribution in [0.1, 0.15) is 17.0 Å². The number of anilines is 1. The van der Waals surface area contributed by atoms with Crippen molar-refractivity contribution in [1.82, 2.24) is 14.7 Å². The van der Waals surface area contributed by atoms with Crippen LogP contribution >= 0.6 is 23.2 Å². The van der Waals surface area contributed by atoms with E-state index in [0.717, 1.165) is 17.0 Å². The lowest BCUT2D eigenvalue weighted by Gasteiger charge is -2.17. The van der Waals surface area contributed by atoms with Crippen LogP contribution in [-0.2, 0) is 18.4 Å². The Morgan fingerprint density at radius 1 is 1.35 bits per heavy atom. The number of likely N-dealkylation sites (N-methyl/N-ethyl adjacent to an activating group) is 1. The van der Waals surface area contributed by atoms with Crippen molar-refractivity contribution in [2.24, 2.45) is 7.05 Å². The van der Waals surface area contributed by atoms with Gasteiger partial charge in [0.05, 0.1) is 22.9 Å². The Balaban J connectivity index is 1.97. The monoisotopic (exact) mass is 354 g/mol. The number of rotatable bonds is 5. The third kappa shape index (κ3) is 4.47. The lowest BCUT2D eigenvalue weighted by Crippen LogP contribution is -2.30. The molecule has 0 saturated carbocycles. The molecule has 1 heterocycles. The first-order valence-electron chi connectivity index (χ1n) is 7.20. The molecule has 0 spiro atoms. The van der Waals surface area contributed by atoms with Crippen molar-refractivity contribution < 1.29 is 4.79 Å². The molecule has 1 aromatic heterocycles. The number of hydrogen-bond donors (Lipinski definition) is 1. The van der Waals surface area contributed by atoms with Crippen molar-refractivity contribution in [1.29, 1.82) is 0 Å². The van der Waals surface area contributed by atoms with Gasteiger partial charge in [0.25, 0.3) is 0 Å². The lowest BCUT2D eigenvalue weighted by atomic mass is 10.2. The SMILES string of the molecule is Cc1nn(C)c(C)c1CN(C)CC(=O)Nc1ccc(Cl)cc1Cl. The van der Waals surface area contributed by atoms with E-state index in [-0.39, 0.29) is 12.5 Å². The number of carbonyl (C=O) groups excluding carboxylic acids is 1. The minimum absolute atomic E-state index is 0.129. The van der Waals surface area contributed by atoms with Crippen molar-refractivity contribution in [2.45, 2.75) is 20.4 Å². The van der Waals surface area contributed by atoms with Crippen molar-refractivity contribution in [3.63, 3.8) is 0 Å². The van der Waals surface area contributed by atoms with Gasteiger partial charge in [-0.25, -0.2) is 0 Å². The maximum absolute atomic E-state index is 12.2. The van der Waals surface area contributed by atoms with Crippen molar-refractivity contribution in [2.75, 3.05) is 18.9 Å². The summed E-state index contributed by atoms with van der Waals surface area (Å²) >= 11 is 11.9. The highest BCUT2D eigenvalue weighted by molar-refractivity contribution is 6.36. The molecule has 1 aromatic carbocycles. The lowest BCUT2D eigenvalue weighted by molar-refractivity contribution is -0.117. The normalized spacial score (nSPS) is 11.1. The molecular weight excluding hydrogens is 335 g/mol. The molecular formula is C16H20Cl2N4O. The van der Waals surface area contributed by atoms with Gasteiger partial charge in [-0.1, -0.05) is 23.2 Å². The quantitative estimate of drug-likeness (QED) is 0.894. The number of carbonyl (C=O) groups is 1. The van der Waals surface area contributed by atoms with Gasteiger partial charge in [0, 0.05) is 29.9 Å². The molecule has 23 heavy (non-hydrogen) atoms. The molecule has 124 valence electrons. The Morgan fingerprint density at radius 3 is 2.61 bits per heavy atom. The standard InChI is InChI=1S/C16H20Cl2N4O/c1-10-13(11(2)22(4)20-10)8-21(3)9-16(23)19-15-6-5-12(17)7-14(15)18/h5-7H,8-9H2,1-4H3,(H,19,23). The summed E-state index contributed by atoms with van der Waals surface area (Å²) in [6, 6.07) is 4.98. The number of nitrogens with one attached hydrogen (secondary N) is 1. The maximum Gasteiger partial charge on any atom is 0.238 e. The molecule has 0 aliphatic rings. The molecule has 2 aromatic rings. The first-order valence-corrected chi connectivity index (χ1v) is 7.96. The Hall–Kier alpha value is -1.56. The summed E-state index contributed by atoms with van der Waals surface area (Å²) in [6.45, 7) is 4.92. The second-order valence-corrected chi connectivity index (χ2v) is 6.46. The highest BCUT2D eigenvalue weighted by atomic mass is 35.5. The van der Waals surface area contributed by atoms with E-state index >= 15 is 0 Å². The molecule has 1 N–H and O–H groups in total. The second-order valence-electron chi connectivity index (χ2n) is 5.62. The zero-order chi connectivity index (χ0) is 17.1. The Kier molecular flexibility index (Phi) is 5.68.